The number of methoxy groups -OCH3 is 1. The van der Waals surface area contributed by atoms with Gasteiger partial charge in [0.25, 0.3) is 0 Å². The quantitative estimate of drug-likeness (QED) is 0.739. The Morgan fingerprint density at radius 1 is 1.08 bits per heavy atom. The Hall–Kier alpha value is -2.05. The topological polar surface area (TPSA) is 63.7 Å². The van der Waals surface area contributed by atoms with Crippen molar-refractivity contribution in [2.75, 3.05) is 19.4 Å². The van der Waals surface area contributed by atoms with E-state index in [1.165, 1.54) is 29.2 Å². The van der Waals surface area contributed by atoms with Crippen molar-refractivity contribution in [2.24, 2.45) is 0 Å². The lowest BCUT2D eigenvalue weighted by Crippen LogP contribution is -2.35. The molecule has 25 heavy (non-hydrogen) atoms. The zero-order valence-electron chi connectivity index (χ0n) is 14.1. The molecule has 134 valence electrons. The Kier molecular flexibility index (Phi) is 6.45. The maximum absolute atomic E-state index is 12.5. The maximum Gasteiger partial charge on any atom is 0.238 e. The molecule has 2 aromatic carbocycles. The highest BCUT2D eigenvalue weighted by molar-refractivity contribution is 7.92. The number of sulfone groups is 1. The lowest BCUT2D eigenvalue weighted by molar-refractivity contribution is -0.128. The number of hydrogen-bond donors (Lipinski definition) is 0. The zero-order chi connectivity index (χ0) is 18.4. The summed E-state index contributed by atoms with van der Waals surface area (Å²) in [6.07, 6.45) is 0. The van der Waals surface area contributed by atoms with Crippen molar-refractivity contribution >= 4 is 27.3 Å². The van der Waals surface area contributed by atoms with E-state index >= 15 is 0 Å². The van der Waals surface area contributed by atoms with Crippen LogP contribution in [0, 0.1) is 0 Å². The third-order valence-corrected chi connectivity index (χ3v) is 5.62. The zero-order valence-corrected chi connectivity index (χ0v) is 15.7. The number of rotatable bonds is 7. The lowest BCUT2D eigenvalue weighted by Gasteiger charge is -2.21. The van der Waals surface area contributed by atoms with E-state index in [1.807, 2.05) is 19.1 Å². The third-order valence-electron chi connectivity index (χ3n) is 3.75. The fraction of sp³-hybridized carbons (Fsp3) is 0.278. The van der Waals surface area contributed by atoms with E-state index in [0.717, 1.165) is 11.3 Å². The second kappa shape index (κ2) is 8.36. The molecule has 2 aromatic rings. The predicted octanol–water partition coefficient (Wildman–Crippen LogP) is 3.17. The molecular weight excluding hydrogens is 362 g/mol. The van der Waals surface area contributed by atoms with Crippen LogP contribution in [0.15, 0.2) is 53.4 Å². The molecule has 0 fully saturated rings. The van der Waals surface area contributed by atoms with Crippen LogP contribution >= 0.6 is 11.6 Å². The first kappa shape index (κ1) is 19.3. The van der Waals surface area contributed by atoms with Crippen molar-refractivity contribution in [1.82, 2.24) is 4.90 Å². The molecule has 0 spiro atoms. The maximum atomic E-state index is 12.5. The van der Waals surface area contributed by atoms with E-state index in [9.17, 15) is 13.2 Å². The van der Waals surface area contributed by atoms with E-state index in [1.54, 1.807) is 19.2 Å². The SMILES string of the molecule is CCN(Cc1ccc(OC)cc1)C(=O)CS(=O)(=O)c1ccc(Cl)cc1. The molecule has 0 bridgehead atoms. The van der Waals surface area contributed by atoms with Gasteiger partial charge in [0.1, 0.15) is 11.5 Å². The summed E-state index contributed by atoms with van der Waals surface area (Å²) < 4.78 is 29.9. The fourth-order valence-corrected chi connectivity index (χ4v) is 3.66. The monoisotopic (exact) mass is 381 g/mol. The number of carbonyl (C=O) groups excluding carboxylic acids is 1. The second-order valence-corrected chi connectivity index (χ2v) is 7.90. The summed E-state index contributed by atoms with van der Waals surface area (Å²) in [4.78, 5) is 14.1. The van der Waals surface area contributed by atoms with Gasteiger partial charge in [-0.2, -0.15) is 0 Å². The van der Waals surface area contributed by atoms with E-state index in [4.69, 9.17) is 16.3 Å². The van der Waals surface area contributed by atoms with Crippen LogP contribution in [0.4, 0.5) is 0 Å². The summed E-state index contributed by atoms with van der Waals surface area (Å²) >= 11 is 5.77. The molecule has 0 heterocycles. The van der Waals surface area contributed by atoms with Crippen LogP contribution < -0.4 is 4.74 Å². The van der Waals surface area contributed by atoms with Crippen LogP contribution in [0.3, 0.4) is 0 Å². The average Bonchev–Trinajstić information content (AvgIpc) is 2.60. The Bertz CT molecular complexity index is 817. The standard InChI is InChI=1S/C18H20ClNO4S/c1-3-20(12-14-4-8-16(24-2)9-5-14)18(21)13-25(22,23)17-10-6-15(19)7-11-17/h4-11H,3,12-13H2,1-2H3. The molecule has 0 saturated heterocycles. The van der Waals surface area contributed by atoms with Crippen LogP contribution in [0.1, 0.15) is 12.5 Å². The number of hydrogen-bond acceptors (Lipinski definition) is 4. The molecule has 0 aliphatic heterocycles. The smallest absolute Gasteiger partial charge is 0.238 e. The first-order valence-electron chi connectivity index (χ1n) is 7.74. The van der Waals surface area contributed by atoms with E-state index in [2.05, 4.69) is 0 Å². The van der Waals surface area contributed by atoms with Gasteiger partial charge in [0, 0.05) is 18.1 Å². The minimum absolute atomic E-state index is 0.0887. The van der Waals surface area contributed by atoms with E-state index in [0.29, 0.717) is 18.1 Å². The summed E-state index contributed by atoms with van der Waals surface area (Å²) in [5.74, 6) is -0.282. The van der Waals surface area contributed by atoms with Crippen LogP contribution in [0.25, 0.3) is 0 Å². The number of amides is 1. The van der Waals surface area contributed by atoms with Crippen molar-refractivity contribution in [3.63, 3.8) is 0 Å². The van der Waals surface area contributed by atoms with E-state index < -0.39 is 21.5 Å². The summed E-state index contributed by atoms with van der Waals surface area (Å²) in [5.41, 5.74) is 0.903. The lowest BCUT2D eigenvalue weighted by atomic mass is 10.2. The summed E-state index contributed by atoms with van der Waals surface area (Å²) in [7, 11) is -2.12. The highest BCUT2D eigenvalue weighted by Gasteiger charge is 2.23. The molecule has 0 aliphatic rings. The number of ether oxygens (including phenoxy) is 1. The van der Waals surface area contributed by atoms with E-state index in [-0.39, 0.29) is 4.90 Å². The van der Waals surface area contributed by atoms with Gasteiger partial charge in [0.05, 0.1) is 12.0 Å². The molecule has 0 aliphatic carbocycles. The van der Waals surface area contributed by atoms with Crippen LogP contribution in [-0.4, -0.2) is 38.6 Å². The molecule has 0 atom stereocenters. The van der Waals surface area contributed by atoms with Gasteiger partial charge in [-0.25, -0.2) is 8.42 Å². The van der Waals surface area contributed by atoms with Gasteiger partial charge in [-0.1, -0.05) is 23.7 Å². The first-order chi connectivity index (χ1) is 11.9. The normalized spacial score (nSPS) is 11.2. The molecule has 2 rings (SSSR count). The molecule has 1 amide bonds. The number of carbonyl (C=O) groups is 1. The Morgan fingerprint density at radius 2 is 1.68 bits per heavy atom. The third kappa shape index (κ3) is 5.21. The molecule has 0 aromatic heterocycles. The van der Waals surface area contributed by atoms with Crippen molar-refractivity contribution in [3.05, 3.63) is 59.1 Å². The van der Waals surface area contributed by atoms with Crippen LogP contribution in [0.5, 0.6) is 5.75 Å². The molecule has 0 saturated carbocycles. The van der Waals surface area contributed by atoms with Gasteiger partial charge in [-0.15, -0.1) is 0 Å². The fourth-order valence-electron chi connectivity index (χ4n) is 2.31. The van der Waals surface area contributed by atoms with Gasteiger partial charge in [-0.3, -0.25) is 4.79 Å². The Morgan fingerprint density at radius 3 is 2.20 bits per heavy atom. The highest BCUT2D eigenvalue weighted by atomic mass is 35.5. The number of halogens is 1. The summed E-state index contributed by atoms with van der Waals surface area (Å²) in [6, 6.07) is 13.1. The van der Waals surface area contributed by atoms with Crippen molar-refractivity contribution < 1.29 is 17.9 Å². The Labute approximate surface area is 153 Å². The molecule has 5 nitrogen and oxygen atoms in total. The summed E-state index contributed by atoms with van der Waals surface area (Å²) in [6.45, 7) is 2.58. The molecule has 0 unspecified atom stereocenters. The predicted molar refractivity (Wildman–Crippen MR) is 97.6 cm³/mol. The number of benzene rings is 2. The molecule has 7 heteroatoms. The first-order valence-corrected chi connectivity index (χ1v) is 9.77. The minimum atomic E-state index is -3.70. The van der Waals surface area contributed by atoms with Gasteiger partial charge >= 0.3 is 0 Å². The Balaban J connectivity index is 2.09. The minimum Gasteiger partial charge on any atom is -0.497 e. The molecule has 0 N–H and O–H groups in total. The second-order valence-electron chi connectivity index (χ2n) is 5.47. The van der Waals surface area contributed by atoms with Crippen molar-refractivity contribution in [3.8, 4) is 5.75 Å². The van der Waals surface area contributed by atoms with Gasteiger partial charge in [-0.05, 0) is 48.9 Å². The van der Waals surface area contributed by atoms with Gasteiger partial charge in [0.15, 0.2) is 9.84 Å². The van der Waals surface area contributed by atoms with Gasteiger partial charge < -0.3 is 9.64 Å². The average molecular weight is 382 g/mol. The molecular formula is C18H20ClNO4S. The van der Waals surface area contributed by atoms with Crippen molar-refractivity contribution in [1.29, 1.82) is 0 Å². The summed E-state index contributed by atoms with van der Waals surface area (Å²) in [5, 5.41) is 0.444. The van der Waals surface area contributed by atoms with Crippen LogP contribution in [0.2, 0.25) is 5.02 Å². The number of nitrogens with zero attached hydrogens (tertiary/aromatic N) is 1. The van der Waals surface area contributed by atoms with Crippen LogP contribution in [-0.2, 0) is 21.2 Å². The van der Waals surface area contributed by atoms with Crippen molar-refractivity contribution in [2.45, 2.75) is 18.4 Å². The highest BCUT2D eigenvalue weighted by Crippen LogP contribution is 2.17. The molecule has 0 radical (unpaired) electrons. The largest absolute Gasteiger partial charge is 0.497 e. The van der Waals surface area contributed by atoms with Gasteiger partial charge in [0.2, 0.25) is 5.91 Å².